The summed E-state index contributed by atoms with van der Waals surface area (Å²) >= 11 is 12.2. The lowest BCUT2D eigenvalue weighted by Gasteiger charge is -2.21. The Balaban J connectivity index is 2.29. The molecule has 0 aliphatic rings. The molecule has 7 nitrogen and oxygen atoms in total. The van der Waals surface area contributed by atoms with Gasteiger partial charge in [0, 0.05) is 24.1 Å². The van der Waals surface area contributed by atoms with E-state index in [4.69, 9.17) is 32.7 Å². The summed E-state index contributed by atoms with van der Waals surface area (Å²) in [5.41, 5.74) is 1.08. The number of ketones is 1. The molecule has 2 rings (SSSR count). The fraction of sp³-hybridized carbons (Fsp3) is 0.500. The normalized spacial score (nSPS) is 11.8. The van der Waals surface area contributed by atoms with Crippen LogP contribution in [0.4, 0.5) is 4.79 Å². The van der Waals surface area contributed by atoms with Crippen molar-refractivity contribution in [1.82, 2.24) is 15.1 Å². The van der Waals surface area contributed by atoms with Gasteiger partial charge in [-0.2, -0.15) is 5.10 Å². The molecule has 1 unspecified atom stereocenters. The van der Waals surface area contributed by atoms with E-state index in [9.17, 15) is 9.59 Å². The standard InChI is InChI=1S/C22H29Cl2N3O4/c1-5-7-9-18(25-22(29)30-12-8-6-2)31-21-19(14(3)26-27(21)4)20(28)16-11-10-15(23)13-17(16)24/h10-11,13,18H,5-9,12H2,1-4H3,(H,25,29). The first-order valence-electron chi connectivity index (χ1n) is 10.4. The van der Waals surface area contributed by atoms with Crippen molar-refractivity contribution in [2.45, 2.75) is 59.1 Å². The van der Waals surface area contributed by atoms with Gasteiger partial charge >= 0.3 is 6.09 Å². The molecule has 1 N–H and O–H groups in total. The van der Waals surface area contributed by atoms with Gasteiger partial charge in [-0.05, 0) is 38.0 Å². The summed E-state index contributed by atoms with van der Waals surface area (Å²) in [6.07, 6.45) is 2.79. The van der Waals surface area contributed by atoms with E-state index < -0.39 is 12.3 Å². The molecule has 1 atom stereocenters. The number of ether oxygens (including phenoxy) is 2. The van der Waals surface area contributed by atoms with Crippen molar-refractivity contribution >= 4 is 35.1 Å². The maximum atomic E-state index is 13.3. The molecule has 0 spiro atoms. The summed E-state index contributed by atoms with van der Waals surface area (Å²) in [6, 6.07) is 4.69. The van der Waals surface area contributed by atoms with Crippen LogP contribution in [0.1, 0.15) is 67.6 Å². The van der Waals surface area contributed by atoms with Crippen LogP contribution in [0.25, 0.3) is 0 Å². The third-order valence-electron chi connectivity index (χ3n) is 4.66. The lowest BCUT2D eigenvalue weighted by molar-refractivity contribution is 0.0959. The average Bonchev–Trinajstić information content (AvgIpc) is 2.98. The van der Waals surface area contributed by atoms with Crippen LogP contribution in [0.2, 0.25) is 10.0 Å². The summed E-state index contributed by atoms with van der Waals surface area (Å²) in [5.74, 6) is -0.0782. The zero-order valence-corrected chi connectivity index (χ0v) is 19.8. The van der Waals surface area contributed by atoms with Gasteiger partial charge in [0.15, 0.2) is 6.23 Å². The van der Waals surface area contributed by atoms with E-state index >= 15 is 0 Å². The van der Waals surface area contributed by atoms with E-state index in [1.165, 1.54) is 10.7 Å². The molecular formula is C22H29Cl2N3O4. The minimum absolute atomic E-state index is 0.242. The number of nitrogens with one attached hydrogen (secondary N) is 1. The van der Waals surface area contributed by atoms with Gasteiger partial charge in [-0.15, -0.1) is 0 Å². The van der Waals surface area contributed by atoms with Crippen LogP contribution >= 0.6 is 23.2 Å². The second-order valence-electron chi connectivity index (χ2n) is 7.22. The van der Waals surface area contributed by atoms with Crippen LogP contribution in [-0.2, 0) is 11.8 Å². The summed E-state index contributed by atoms with van der Waals surface area (Å²) in [4.78, 5) is 25.4. The zero-order chi connectivity index (χ0) is 23.0. The monoisotopic (exact) mass is 469 g/mol. The molecule has 1 heterocycles. The van der Waals surface area contributed by atoms with Gasteiger partial charge in [0.05, 0.1) is 17.3 Å². The Morgan fingerprint density at radius 1 is 1.19 bits per heavy atom. The number of aryl methyl sites for hydroxylation is 2. The number of aromatic nitrogens is 2. The lowest BCUT2D eigenvalue weighted by atomic mass is 10.0. The fourth-order valence-corrected chi connectivity index (χ4v) is 3.50. The van der Waals surface area contributed by atoms with Crippen molar-refractivity contribution in [3.8, 4) is 5.88 Å². The van der Waals surface area contributed by atoms with Crippen molar-refractivity contribution < 1.29 is 19.1 Å². The lowest BCUT2D eigenvalue weighted by Crippen LogP contribution is -2.40. The summed E-state index contributed by atoms with van der Waals surface area (Å²) < 4.78 is 12.8. The highest BCUT2D eigenvalue weighted by Crippen LogP contribution is 2.30. The maximum Gasteiger partial charge on any atom is 0.409 e. The molecule has 0 fully saturated rings. The summed E-state index contributed by atoms with van der Waals surface area (Å²) in [7, 11) is 1.68. The molecular weight excluding hydrogens is 441 g/mol. The van der Waals surface area contributed by atoms with E-state index in [1.807, 2.05) is 13.8 Å². The fourth-order valence-electron chi connectivity index (χ4n) is 3.01. The number of amides is 1. The van der Waals surface area contributed by atoms with E-state index in [0.717, 1.165) is 25.7 Å². The van der Waals surface area contributed by atoms with E-state index in [-0.39, 0.29) is 22.2 Å². The molecule has 1 aromatic carbocycles. The van der Waals surface area contributed by atoms with Crippen LogP contribution in [-0.4, -0.2) is 34.5 Å². The van der Waals surface area contributed by atoms with Gasteiger partial charge in [0.2, 0.25) is 11.7 Å². The number of hydrogen-bond acceptors (Lipinski definition) is 5. The molecule has 2 aromatic rings. The van der Waals surface area contributed by atoms with Crippen LogP contribution < -0.4 is 10.1 Å². The van der Waals surface area contributed by atoms with Crippen LogP contribution in [0.15, 0.2) is 18.2 Å². The van der Waals surface area contributed by atoms with Gasteiger partial charge < -0.3 is 9.47 Å². The minimum atomic E-state index is -0.670. The van der Waals surface area contributed by atoms with Crippen LogP contribution in [0.3, 0.4) is 0 Å². The molecule has 9 heteroatoms. The first kappa shape index (κ1) is 25.0. The van der Waals surface area contributed by atoms with Gasteiger partial charge in [-0.1, -0.05) is 49.9 Å². The highest BCUT2D eigenvalue weighted by molar-refractivity contribution is 6.37. The number of alkyl carbamates (subject to hydrolysis) is 1. The van der Waals surface area contributed by atoms with E-state index in [2.05, 4.69) is 10.4 Å². The molecule has 0 aliphatic heterocycles. The highest BCUT2D eigenvalue weighted by Gasteiger charge is 2.27. The third kappa shape index (κ3) is 6.87. The Bertz CT molecular complexity index is 914. The number of hydrogen-bond donors (Lipinski definition) is 1. The van der Waals surface area contributed by atoms with E-state index in [0.29, 0.717) is 29.3 Å². The Kier molecular flexibility index (Phi) is 9.65. The molecule has 0 radical (unpaired) electrons. The van der Waals surface area contributed by atoms with Gasteiger partial charge in [-0.25, -0.2) is 9.48 Å². The van der Waals surface area contributed by atoms with E-state index in [1.54, 1.807) is 26.1 Å². The molecule has 0 saturated heterocycles. The molecule has 0 bridgehead atoms. The number of halogens is 2. The Morgan fingerprint density at radius 3 is 2.55 bits per heavy atom. The SMILES string of the molecule is CCCCOC(=O)NC(CCCC)Oc1c(C(=O)c2ccc(Cl)cc2Cl)c(C)nn1C. The van der Waals surface area contributed by atoms with Crippen molar-refractivity contribution in [2.24, 2.45) is 7.05 Å². The topological polar surface area (TPSA) is 82.4 Å². The number of benzene rings is 1. The smallest absolute Gasteiger partial charge is 0.409 e. The third-order valence-corrected chi connectivity index (χ3v) is 5.20. The summed E-state index contributed by atoms with van der Waals surface area (Å²) in [6.45, 7) is 6.12. The van der Waals surface area contributed by atoms with Gasteiger partial charge in [-0.3, -0.25) is 10.1 Å². The number of nitrogens with zero attached hydrogens (tertiary/aromatic N) is 2. The summed E-state index contributed by atoms with van der Waals surface area (Å²) in [5, 5.41) is 7.76. The molecule has 170 valence electrons. The van der Waals surface area contributed by atoms with Crippen molar-refractivity contribution in [2.75, 3.05) is 6.61 Å². The second kappa shape index (κ2) is 12.0. The molecule has 31 heavy (non-hydrogen) atoms. The van der Waals surface area contributed by atoms with Crippen molar-refractivity contribution in [3.05, 3.63) is 45.1 Å². The number of carbonyl (C=O) groups is 2. The quantitative estimate of drug-likeness (QED) is 0.259. The zero-order valence-electron chi connectivity index (χ0n) is 18.3. The van der Waals surface area contributed by atoms with Crippen LogP contribution in [0.5, 0.6) is 5.88 Å². The Hall–Kier alpha value is -2.25. The Labute approximate surface area is 193 Å². The van der Waals surface area contributed by atoms with Crippen molar-refractivity contribution in [1.29, 1.82) is 0 Å². The first-order valence-corrected chi connectivity index (χ1v) is 11.2. The van der Waals surface area contributed by atoms with Crippen molar-refractivity contribution in [3.63, 3.8) is 0 Å². The molecule has 0 aliphatic carbocycles. The van der Waals surface area contributed by atoms with Crippen LogP contribution in [0, 0.1) is 6.92 Å². The molecule has 1 aromatic heterocycles. The van der Waals surface area contributed by atoms with Gasteiger partial charge in [0.1, 0.15) is 5.56 Å². The molecule has 1 amide bonds. The first-order chi connectivity index (χ1) is 14.8. The predicted molar refractivity (Wildman–Crippen MR) is 121 cm³/mol. The average molecular weight is 470 g/mol. The highest BCUT2D eigenvalue weighted by atomic mass is 35.5. The Morgan fingerprint density at radius 2 is 1.90 bits per heavy atom. The second-order valence-corrected chi connectivity index (χ2v) is 8.07. The largest absolute Gasteiger partial charge is 0.453 e. The maximum absolute atomic E-state index is 13.3. The number of unbranched alkanes of at least 4 members (excludes halogenated alkanes) is 2. The molecule has 0 saturated carbocycles. The number of carbonyl (C=O) groups excluding carboxylic acids is 2. The van der Waals surface area contributed by atoms with Gasteiger partial charge in [0.25, 0.3) is 0 Å². The number of rotatable bonds is 11. The predicted octanol–water partition coefficient (Wildman–Crippen LogP) is 5.69. The minimum Gasteiger partial charge on any atom is -0.453 e.